The zero-order valence-corrected chi connectivity index (χ0v) is 22.4. The number of nitrogens with one attached hydrogen (secondary N) is 1. The Hall–Kier alpha value is -3.79. The summed E-state index contributed by atoms with van der Waals surface area (Å²) in [6.07, 6.45) is 1.14. The normalized spacial score (nSPS) is 11.7. The van der Waals surface area contributed by atoms with Crippen LogP contribution in [0.25, 0.3) is 0 Å². The molecule has 0 radical (unpaired) electrons. The van der Waals surface area contributed by atoms with Gasteiger partial charge in [-0.05, 0) is 76.6 Å². The Kier molecular flexibility index (Phi) is 8.65. The number of esters is 1. The van der Waals surface area contributed by atoms with Crippen molar-refractivity contribution in [1.82, 2.24) is 10.2 Å². The minimum atomic E-state index is -4.32. The Labute approximate surface area is 217 Å². The van der Waals surface area contributed by atoms with Crippen molar-refractivity contribution in [3.63, 3.8) is 0 Å². The van der Waals surface area contributed by atoms with Crippen molar-refractivity contribution in [2.75, 3.05) is 0 Å². The molecule has 3 rings (SSSR count). The number of amides is 2. The molecule has 0 aliphatic rings. The number of ether oxygens (including phenoxy) is 1. The molecule has 1 N–H and O–H groups in total. The number of hydrogen-bond acceptors (Lipinski definition) is 7. The van der Waals surface area contributed by atoms with Crippen molar-refractivity contribution in [3.05, 3.63) is 83.8 Å². The summed E-state index contributed by atoms with van der Waals surface area (Å²) in [5.74, 6) is -0.0597. The van der Waals surface area contributed by atoms with Gasteiger partial charge < -0.3 is 23.6 Å². The van der Waals surface area contributed by atoms with E-state index < -0.39 is 27.7 Å². The van der Waals surface area contributed by atoms with Crippen LogP contribution in [0.5, 0.6) is 5.75 Å². The summed E-state index contributed by atoms with van der Waals surface area (Å²) >= 11 is 0. The fraction of sp³-hybridized carbons (Fsp3) is 0.333. The average Bonchev–Trinajstić information content (AvgIpc) is 3.31. The summed E-state index contributed by atoms with van der Waals surface area (Å²) in [5.41, 5.74) is 0.218. The van der Waals surface area contributed by atoms with E-state index in [9.17, 15) is 18.0 Å². The number of rotatable bonds is 9. The van der Waals surface area contributed by atoms with Crippen molar-refractivity contribution in [2.45, 2.75) is 64.2 Å². The summed E-state index contributed by atoms with van der Waals surface area (Å²) in [6.45, 7) is 9.53. The highest BCUT2D eigenvalue weighted by Crippen LogP contribution is 2.24. The van der Waals surface area contributed by atoms with Gasteiger partial charge >= 0.3 is 22.1 Å². The maximum absolute atomic E-state index is 13.0. The second-order valence-corrected chi connectivity index (χ2v) is 11.3. The van der Waals surface area contributed by atoms with Crippen LogP contribution in [-0.2, 0) is 27.9 Å². The summed E-state index contributed by atoms with van der Waals surface area (Å²) in [5, 5.41) is 2.94. The van der Waals surface area contributed by atoms with Crippen LogP contribution < -0.4 is 9.50 Å². The highest BCUT2D eigenvalue weighted by molar-refractivity contribution is 7.87. The number of hydrogen-bond donors (Lipinski definition) is 1. The third-order valence-corrected chi connectivity index (χ3v) is 6.22. The molecule has 0 unspecified atom stereocenters. The molecule has 3 aromatic rings. The zero-order valence-electron chi connectivity index (χ0n) is 21.6. The van der Waals surface area contributed by atoms with Gasteiger partial charge in [-0.15, -0.1) is 0 Å². The molecule has 0 bridgehead atoms. The lowest BCUT2D eigenvalue weighted by molar-refractivity contribution is 0.0373. The van der Waals surface area contributed by atoms with Crippen molar-refractivity contribution >= 4 is 22.1 Å². The van der Waals surface area contributed by atoms with E-state index >= 15 is 0 Å². The largest absolute Gasteiger partial charge is 0.467 e. The fourth-order valence-corrected chi connectivity index (χ4v) is 4.48. The van der Waals surface area contributed by atoms with Gasteiger partial charge in [0.05, 0.1) is 24.5 Å². The summed E-state index contributed by atoms with van der Waals surface area (Å²) < 4.78 is 41.8. The van der Waals surface area contributed by atoms with Crippen LogP contribution in [0, 0.1) is 0 Å². The molecule has 10 heteroatoms. The Morgan fingerprint density at radius 3 is 2.24 bits per heavy atom. The summed E-state index contributed by atoms with van der Waals surface area (Å²) in [7, 11) is -4.32. The van der Waals surface area contributed by atoms with Gasteiger partial charge in [0.15, 0.2) is 0 Å². The Morgan fingerprint density at radius 2 is 1.65 bits per heavy atom. The lowest BCUT2D eigenvalue weighted by Gasteiger charge is -2.28. The molecule has 0 fully saturated rings. The summed E-state index contributed by atoms with van der Waals surface area (Å²) in [6, 6.07) is 15.3. The molecular formula is C27H32N2O7S. The van der Waals surface area contributed by atoms with E-state index in [1.54, 1.807) is 55.3 Å². The standard InChI is InChI=1S/C27H32N2O7S/c1-19(2)35-25(30)23-10-6-7-11-24(23)37(32,33)36-21-14-12-20(13-15-21)17-29(18-22-9-8-16-34-22)26(31)28-27(3,4)5/h6-16,19H,17-18H2,1-5H3,(H,28,31). The minimum absolute atomic E-state index is 0.0625. The Bertz CT molecular complexity index is 1310. The van der Waals surface area contributed by atoms with Crippen LogP contribution in [0.2, 0.25) is 0 Å². The van der Waals surface area contributed by atoms with Gasteiger partial charge in [-0.25, -0.2) is 9.59 Å². The van der Waals surface area contributed by atoms with Gasteiger partial charge in [0.25, 0.3) is 0 Å². The van der Waals surface area contributed by atoms with E-state index in [4.69, 9.17) is 13.3 Å². The molecule has 198 valence electrons. The third-order valence-electron chi connectivity index (χ3n) is 4.92. The highest BCUT2D eigenvalue weighted by atomic mass is 32.2. The lowest BCUT2D eigenvalue weighted by atomic mass is 10.1. The van der Waals surface area contributed by atoms with E-state index in [0.29, 0.717) is 5.76 Å². The number of urea groups is 1. The molecule has 0 saturated heterocycles. The number of carbonyl (C=O) groups excluding carboxylic acids is 2. The van der Waals surface area contributed by atoms with E-state index in [2.05, 4.69) is 5.32 Å². The van der Waals surface area contributed by atoms with Crippen LogP contribution >= 0.6 is 0 Å². The highest BCUT2D eigenvalue weighted by Gasteiger charge is 2.26. The van der Waals surface area contributed by atoms with Crippen LogP contribution in [0.3, 0.4) is 0 Å². The second kappa shape index (κ2) is 11.5. The van der Waals surface area contributed by atoms with Crippen molar-refractivity contribution in [3.8, 4) is 5.75 Å². The van der Waals surface area contributed by atoms with Crippen molar-refractivity contribution < 1.29 is 31.3 Å². The van der Waals surface area contributed by atoms with Crippen molar-refractivity contribution in [2.24, 2.45) is 0 Å². The number of furan rings is 1. The van der Waals surface area contributed by atoms with E-state index in [1.165, 1.54) is 30.3 Å². The molecule has 0 atom stereocenters. The summed E-state index contributed by atoms with van der Waals surface area (Å²) in [4.78, 5) is 26.6. The maximum atomic E-state index is 13.0. The fourth-order valence-electron chi connectivity index (χ4n) is 3.36. The Balaban J connectivity index is 1.77. The smallest absolute Gasteiger partial charge is 0.340 e. The molecular weight excluding hydrogens is 496 g/mol. The molecule has 1 heterocycles. The molecule has 0 aliphatic heterocycles. The first kappa shape index (κ1) is 27.8. The van der Waals surface area contributed by atoms with Crippen LogP contribution in [0.1, 0.15) is 56.3 Å². The number of benzene rings is 2. The van der Waals surface area contributed by atoms with E-state index in [-0.39, 0.29) is 35.3 Å². The molecule has 1 aromatic heterocycles. The maximum Gasteiger partial charge on any atom is 0.340 e. The topological polar surface area (TPSA) is 115 Å². The number of nitrogens with zero attached hydrogens (tertiary/aromatic N) is 1. The quantitative estimate of drug-likeness (QED) is 0.303. The first-order chi connectivity index (χ1) is 17.3. The molecule has 2 amide bonds. The first-order valence-corrected chi connectivity index (χ1v) is 13.2. The molecule has 0 aliphatic carbocycles. The Morgan fingerprint density at radius 1 is 0.973 bits per heavy atom. The van der Waals surface area contributed by atoms with Gasteiger partial charge in [0.1, 0.15) is 16.4 Å². The average molecular weight is 529 g/mol. The predicted octanol–water partition coefficient (Wildman–Crippen LogP) is 5.12. The van der Waals surface area contributed by atoms with Gasteiger partial charge in [-0.1, -0.05) is 24.3 Å². The number of carbonyl (C=O) groups is 2. The van der Waals surface area contributed by atoms with Gasteiger partial charge in [0, 0.05) is 12.1 Å². The second-order valence-electron chi connectivity index (χ2n) is 9.75. The van der Waals surface area contributed by atoms with Crippen LogP contribution in [0.15, 0.2) is 76.2 Å². The molecule has 9 nitrogen and oxygen atoms in total. The van der Waals surface area contributed by atoms with E-state index in [0.717, 1.165) is 5.56 Å². The third kappa shape index (κ3) is 8.11. The molecule has 0 saturated carbocycles. The van der Waals surface area contributed by atoms with Gasteiger partial charge in [0.2, 0.25) is 0 Å². The van der Waals surface area contributed by atoms with E-state index in [1.807, 2.05) is 20.8 Å². The lowest BCUT2D eigenvalue weighted by Crippen LogP contribution is -2.47. The monoisotopic (exact) mass is 528 g/mol. The molecule has 2 aromatic carbocycles. The van der Waals surface area contributed by atoms with Crippen molar-refractivity contribution in [1.29, 1.82) is 0 Å². The van der Waals surface area contributed by atoms with Crippen LogP contribution in [0.4, 0.5) is 4.79 Å². The SMILES string of the molecule is CC(C)OC(=O)c1ccccc1S(=O)(=O)Oc1ccc(CN(Cc2ccco2)C(=O)NC(C)(C)C)cc1. The van der Waals surface area contributed by atoms with Gasteiger partial charge in [-0.3, -0.25) is 0 Å². The molecule has 0 spiro atoms. The zero-order chi connectivity index (χ0) is 27.2. The van der Waals surface area contributed by atoms with Crippen LogP contribution in [-0.4, -0.2) is 37.0 Å². The van der Waals surface area contributed by atoms with Gasteiger partial charge in [-0.2, -0.15) is 8.42 Å². The first-order valence-electron chi connectivity index (χ1n) is 11.8. The predicted molar refractivity (Wildman–Crippen MR) is 137 cm³/mol. The minimum Gasteiger partial charge on any atom is -0.467 e. The molecule has 37 heavy (non-hydrogen) atoms.